The Morgan fingerprint density at radius 3 is 2.50 bits per heavy atom. The molecule has 2 rings (SSSR count). The maximum Gasteiger partial charge on any atom is 0.315 e. The third-order valence-corrected chi connectivity index (χ3v) is 2.70. The van der Waals surface area contributed by atoms with E-state index in [-0.39, 0.29) is 0 Å². The van der Waals surface area contributed by atoms with Crippen molar-refractivity contribution in [2.24, 2.45) is 0 Å². The van der Waals surface area contributed by atoms with Gasteiger partial charge >= 0.3 is 11.8 Å². The average Bonchev–Trinajstić information content (AvgIpc) is 2.44. The number of hydrogen-bond acceptors (Lipinski definition) is 4. The van der Waals surface area contributed by atoms with Gasteiger partial charge in [-0.25, -0.2) is 4.98 Å². The van der Waals surface area contributed by atoms with Gasteiger partial charge in [0.25, 0.3) is 0 Å². The number of nitrogens with two attached hydrogens (primary N) is 1. The highest BCUT2D eigenvalue weighted by molar-refractivity contribution is 6.43. The minimum atomic E-state index is -0.823. The molecule has 0 unspecified atom stereocenters. The zero-order valence-electron chi connectivity index (χ0n) is 10.3. The van der Waals surface area contributed by atoms with E-state index in [4.69, 9.17) is 17.3 Å². The number of pyridine rings is 1. The molecule has 102 valence electrons. The number of nitrogens with zero attached hydrogens (tertiary/aromatic N) is 1. The highest BCUT2D eigenvalue weighted by atomic mass is 35.5. The number of carbonyl (C=O) groups excluding carboxylic acids is 2. The number of halogens is 1. The number of amides is 2. The van der Waals surface area contributed by atoms with Crippen LogP contribution in [0.5, 0.6) is 0 Å². The predicted molar refractivity (Wildman–Crippen MR) is 77.4 cm³/mol. The van der Waals surface area contributed by atoms with E-state index in [9.17, 15) is 9.59 Å². The normalized spacial score (nSPS) is 9.85. The van der Waals surface area contributed by atoms with E-state index in [0.717, 1.165) is 0 Å². The van der Waals surface area contributed by atoms with Crippen molar-refractivity contribution in [2.45, 2.75) is 0 Å². The van der Waals surface area contributed by atoms with Crippen molar-refractivity contribution < 1.29 is 9.59 Å². The summed E-state index contributed by atoms with van der Waals surface area (Å²) in [7, 11) is 0. The first kappa shape index (κ1) is 13.8. The van der Waals surface area contributed by atoms with Crippen molar-refractivity contribution in [1.29, 1.82) is 0 Å². The summed E-state index contributed by atoms with van der Waals surface area (Å²) in [6.07, 6.45) is 1.51. The number of nitrogens with one attached hydrogen (secondary N) is 2. The Morgan fingerprint density at radius 2 is 1.85 bits per heavy atom. The summed E-state index contributed by atoms with van der Waals surface area (Å²) in [4.78, 5) is 27.2. The molecular formula is C13H11ClN4O2. The molecule has 4 N–H and O–H groups in total. The topological polar surface area (TPSA) is 97.1 Å². The summed E-state index contributed by atoms with van der Waals surface area (Å²) >= 11 is 5.82. The Labute approximate surface area is 120 Å². The zero-order valence-corrected chi connectivity index (χ0v) is 11.0. The molecule has 1 aromatic carbocycles. The van der Waals surface area contributed by atoms with Gasteiger partial charge in [0.05, 0.1) is 10.7 Å². The lowest BCUT2D eigenvalue weighted by atomic mass is 10.3. The maximum atomic E-state index is 11.7. The number of benzene rings is 1. The minimum absolute atomic E-state index is 0.294. The van der Waals surface area contributed by atoms with E-state index in [1.54, 1.807) is 24.3 Å². The third-order valence-electron chi connectivity index (χ3n) is 2.37. The Kier molecular flexibility index (Phi) is 4.17. The van der Waals surface area contributed by atoms with E-state index < -0.39 is 11.8 Å². The van der Waals surface area contributed by atoms with Crippen LogP contribution < -0.4 is 16.4 Å². The molecule has 6 nitrogen and oxygen atoms in total. The van der Waals surface area contributed by atoms with E-state index in [1.807, 2.05) is 0 Å². The van der Waals surface area contributed by atoms with Gasteiger partial charge in [-0.2, -0.15) is 0 Å². The molecular weight excluding hydrogens is 280 g/mol. The number of rotatable bonds is 2. The molecule has 2 amide bonds. The lowest BCUT2D eigenvalue weighted by molar-refractivity contribution is -0.133. The number of nitrogen functional groups attached to an aromatic ring is 1. The Hall–Kier alpha value is -2.60. The zero-order chi connectivity index (χ0) is 14.5. The number of carbonyl (C=O) groups is 2. The van der Waals surface area contributed by atoms with E-state index in [1.165, 1.54) is 18.3 Å². The van der Waals surface area contributed by atoms with Crippen LogP contribution >= 0.6 is 11.6 Å². The van der Waals surface area contributed by atoms with E-state index in [0.29, 0.717) is 22.2 Å². The molecule has 0 spiro atoms. The Balaban J connectivity index is 2.01. The van der Waals surface area contributed by atoms with Gasteiger partial charge in [-0.1, -0.05) is 17.7 Å². The standard InChI is InChI=1S/C13H11ClN4O2/c14-9-7-8(4-5-10(9)15)17-12(19)13(20)18-11-3-1-2-6-16-11/h1-7H,15H2,(H,17,19)(H,16,18,20). The molecule has 0 aliphatic rings. The van der Waals surface area contributed by atoms with Crippen LogP contribution in [0.4, 0.5) is 17.2 Å². The smallest absolute Gasteiger partial charge is 0.315 e. The molecule has 20 heavy (non-hydrogen) atoms. The van der Waals surface area contributed by atoms with Crippen LogP contribution in [0.3, 0.4) is 0 Å². The second kappa shape index (κ2) is 6.03. The summed E-state index contributed by atoms with van der Waals surface area (Å²) < 4.78 is 0. The summed E-state index contributed by atoms with van der Waals surface area (Å²) in [6.45, 7) is 0. The van der Waals surface area contributed by atoms with Crippen molar-refractivity contribution >= 4 is 40.6 Å². The first-order chi connectivity index (χ1) is 9.56. The van der Waals surface area contributed by atoms with Gasteiger partial charge in [0.1, 0.15) is 5.82 Å². The fourth-order valence-corrected chi connectivity index (χ4v) is 1.58. The quantitative estimate of drug-likeness (QED) is 0.581. The maximum absolute atomic E-state index is 11.7. The summed E-state index contributed by atoms with van der Waals surface area (Å²) in [5.74, 6) is -1.35. The average molecular weight is 291 g/mol. The monoisotopic (exact) mass is 290 g/mol. The van der Waals surface area contributed by atoms with Crippen LogP contribution in [0.15, 0.2) is 42.6 Å². The minimum Gasteiger partial charge on any atom is -0.398 e. The summed E-state index contributed by atoms with van der Waals surface area (Å²) in [5.41, 5.74) is 6.32. The third kappa shape index (κ3) is 3.46. The lowest BCUT2D eigenvalue weighted by Crippen LogP contribution is -2.29. The second-order valence-electron chi connectivity index (χ2n) is 3.86. The van der Waals surface area contributed by atoms with Crippen LogP contribution in [0, 0.1) is 0 Å². The van der Waals surface area contributed by atoms with Crippen molar-refractivity contribution in [3.05, 3.63) is 47.6 Å². The van der Waals surface area contributed by atoms with Crippen LogP contribution in [-0.2, 0) is 9.59 Å². The molecule has 0 saturated heterocycles. The molecule has 7 heteroatoms. The summed E-state index contributed by atoms with van der Waals surface area (Å²) in [5, 5.41) is 5.08. The van der Waals surface area contributed by atoms with Crippen LogP contribution in [0.25, 0.3) is 0 Å². The van der Waals surface area contributed by atoms with Gasteiger partial charge in [0.15, 0.2) is 0 Å². The largest absolute Gasteiger partial charge is 0.398 e. The molecule has 0 atom stereocenters. The van der Waals surface area contributed by atoms with Gasteiger partial charge in [-0.15, -0.1) is 0 Å². The van der Waals surface area contributed by atoms with Crippen molar-refractivity contribution in [3.8, 4) is 0 Å². The van der Waals surface area contributed by atoms with Gasteiger partial charge in [-0.3, -0.25) is 9.59 Å². The fourth-order valence-electron chi connectivity index (χ4n) is 1.40. The predicted octanol–water partition coefficient (Wildman–Crippen LogP) is 1.89. The molecule has 1 aromatic heterocycles. The highest BCUT2D eigenvalue weighted by Gasteiger charge is 2.14. The lowest BCUT2D eigenvalue weighted by Gasteiger charge is -2.07. The van der Waals surface area contributed by atoms with Gasteiger partial charge in [0.2, 0.25) is 0 Å². The molecule has 0 aliphatic heterocycles. The van der Waals surface area contributed by atoms with Crippen molar-refractivity contribution in [2.75, 3.05) is 16.4 Å². The molecule has 0 radical (unpaired) electrons. The molecule has 1 heterocycles. The highest BCUT2D eigenvalue weighted by Crippen LogP contribution is 2.22. The number of aromatic nitrogens is 1. The Bertz CT molecular complexity index is 646. The fraction of sp³-hybridized carbons (Fsp3) is 0. The van der Waals surface area contributed by atoms with Crippen molar-refractivity contribution in [1.82, 2.24) is 4.98 Å². The van der Waals surface area contributed by atoms with E-state index in [2.05, 4.69) is 15.6 Å². The molecule has 0 bridgehead atoms. The first-order valence-corrected chi connectivity index (χ1v) is 6.02. The molecule has 0 saturated carbocycles. The molecule has 0 aliphatic carbocycles. The summed E-state index contributed by atoms with van der Waals surface area (Å²) in [6, 6.07) is 9.52. The van der Waals surface area contributed by atoms with Crippen molar-refractivity contribution in [3.63, 3.8) is 0 Å². The van der Waals surface area contributed by atoms with Gasteiger partial charge in [0, 0.05) is 11.9 Å². The van der Waals surface area contributed by atoms with Crippen LogP contribution in [0.1, 0.15) is 0 Å². The first-order valence-electron chi connectivity index (χ1n) is 5.64. The van der Waals surface area contributed by atoms with Gasteiger partial charge in [-0.05, 0) is 30.3 Å². The number of hydrogen-bond donors (Lipinski definition) is 3. The molecule has 2 aromatic rings. The SMILES string of the molecule is Nc1ccc(NC(=O)C(=O)Nc2ccccn2)cc1Cl. The number of anilines is 3. The van der Waals surface area contributed by atoms with E-state index >= 15 is 0 Å². The van der Waals surface area contributed by atoms with Crippen LogP contribution in [-0.4, -0.2) is 16.8 Å². The molecule has 0 fully saturated rings. The second-order valence-corrected chi connectivity index (χ2v) is 4.27. The Morgan fingerprint density at radius 1 is 1.10 bits per heavy atom. The van der Waals surface area contributed by atoms with Crippen LogP contribution in [0.2, 0.25) is 5.02 Å². The van der Waals surface area contributed by atoms with Gasteiger partial charge < -0.3 is 16.4 Å².